The van der Waals surface area contributed by atoms with E-state index >= 15 is 0 Å². The maximum absolute atomic E-state index is 13.0. The standard InChI is InChI=1S/C23H31N3O4/c1-4-24-11-13-25(14-12-24)21(28)16-26-17(3)22(23(29)30-5-2)19(15-20(26)27)18-9-7-6-8-10-18/h6-10,19H,4-5,11-16H2,1-3H3. The predicted molar refractivity (Wildman–Crippen MR) is 114 cm³/mol. The van der Waals surface area contributed by atoms with Gasteiger partial charge in [0.2, 0.25) is 11.8 Å². The first-order chi connectivity index (χ1) is 14.5. The molecule has 3 rings (SSSR count). The molecule has 1 saturated heterocycles. The second-order valence-electron chi connectivity index (χ2n) is 7.68. The molecule has 0 aromatic heterocycles. The Hall–Kier alpha value is -2.67. The molecule has 1 aromatic carbocycles. The van der Waals surface area contributed by atoms with Crippen molar-refractivity contribution in [3.8, 4) is 0 Å². The molecule has 1 fully saturated rings. The molecule has 1 unspecified atom stereocenters. The number of ether oxygens (including phenoxy) is 1. The molecule has 0 radical (unpaired) electrons. The fourth-order valence-electron chi connectivity index (χ4n) is 4.20. The fraction of sp³-hybridized carbons (Fsp3) is 0.522. The highest BCUT2D eigenvalue weighted by Gasteiger charge is 2.38. The van der Waals surface area contributed by atoms with Crippen molar-refractivity contribution < 1.29 is 19.1 Å². The van der Waals surface area contributed by atoms with Gasteiger partial charge >= 0.3 is 5.97 Å². The molecule has 0 bridgehead atoms. The minimum Gasteiger partial charge on any atom is -0.463 e. The van der Waals surface area contributed by atoms with Crippen LogP contribution in [0.4, 0.5) is 0 Å². The van der Waals surface area contributed by atoms with Crippen molar-refractivity contribution in [3.63, 3.8) is 0 Å². The van der Waals surface area contributed by atoms with Crippen LogP contribution in [0.1, 0.15) is 38.7 Å². The van der Waals surface area contributed by atoms with E-state index in [2.05, 4.69) is 11.8 Å². The van der Waals surface area contributed by atoms with Gasteiger partial charge in [-0.1, -0.05) is 37.3 Å². The summed E-state index contributed by atoms with van der Waals surface area (Å²) in [5.74, 6) is -1.02. The molecule has 30 heavy (non-hydrogen) atoms. The summed E-state index contributed by atoms with van der Waals surface area (Å²) in [5.41, 5.74) is 1.88. The molecule has 0 aliphatic carbocycles. The number of allylic oxidation sites excluding steroid dienone is 1. The average molecular weight is 414 g/mol. The van der Waals surface area contributed by atoms with Crippen molar-refractivity contribution in [3.05, 3.63) is 47.2 Å². The summed E-state index contributed by atoms with van der Waals surface area (Å²) in [6.07, 6.45) is 0.145. The molecular weight excluding hydrogens is 382 g/mol. The first-order valence-electron chi connectivity index (χ1n) is 10.7. The zero-order valence-electron chi connectivity index (χ0n) is 18.1. The Labute approximate surface area is 178 Å². The molecule has 0 N–H and O–H groups in total. The highest BCUT2D eigenvalue weighted by Crippen LogP contribution is 2.37. The Bertz CT molecular complexity index is 813. The zero-order valence-corrected chi connectivity index (χ0v) is 18.1. The third-order valence-corrected chi connectivity index (χ3v) is 5.99. The van der Waals surface area contributed by atoms with Crippen LogP contribution < -0.4 is 0 Å². The van der Waals surface area contributed by atoms with E-state index in [1.54, 1.807) is 18.7 Å². The van der Waals surface area contributed by atoms with Gasteiger partial charge in [0.15, 0.2) is 0 Å². The van der Waals surface area contributed by atoms with Gasteiger partial charge in [0.1, 0.15) is 6.54 Å². The number of likely N-dealkylation sites (N-methyl/N-ethyl adjacent to an activating group) is 1. The predicted octanol–water partition coefficient (Wildman–Crippen LogP) is 2.00. The van der Waals surface area contributed by atoms with E-state index < -0.39 is 5.97 Å². The van der Waals surface area contributed by atoms with E-state index in [1.165, 1.54) is 4.90 Å². The third kappa shape index (κ3) is 4.73. The molecule has 1 atom stereocenters. The maximum Gasteiger partial charge on any atom is 0.336 e. The number of amides is 2. The van der Waals surface area contributed by atoms with Gasteiger partial charge in [-0.3, -0.25) is 9.59 Å². The van der Waals surface area contributed by atoms with Crippen LogP contribution in [0.25, 0.3) is 0 Å². The van der Waals surface area contributed by atoms with Crippen molar-refractivity contribution in [2.45, 2.75) is 33.1 Å². The number of nitrogens with zero attached hydrogens (tertiary/aromatic N) is 3. The van der Waals surface area contributed by atoms with Gasteiger partial charge in [0, 0.05) is 44.2 Å². The van der Waals surface area contributed by atoms with E-state index in [1.807, 2.05) is 30.3 Å². The average Bonchev–Trinajstić information content (AvgIpc) is 2.76. The lowest BCUT2D eigenvalue weighted by Crippen LogP contribution is -2.52. The second kappa shape index (κ2) is 9.89. The van der Waals surface area contributed by atoms with Gasteiger partial charge in [0.25, 0.3) is 0 Å². The zero-order chi connectivity index (χ0) is 21.7. The first-order valence-corrected chi connectivity index (χ1v) is 10.7. The van der Waals surface area contributed by atoms with Gasteiger partial charge in [-0.25, -0.2) is 4.79 Å². The number of esters is 1. The third-order valence-electron chi connectivity index (χ3n) is 5.99. The molecule has 0 saturated carbocycles. The van der Waals surface area contributed by atoms with Crippen LogP contribution in [0.2, 0.25) is 0 Å². The summed E-state index contributed by atoms with van der Waals surface area (Å²) in [7, 11) is 0. The Balaban J connectivity index is 1.84. The van der Waals surface area contributed by atoms with Crippen LogP contribution in [0.3, 0.4) is 0 Å². The van der Waals surface area contributed by atoms with E-state index in [0.29, 0.717) is 24.4 Å². The van der Waals surface area contributed by atoms with Crippen molar-refractivity contribution in [1.29, 1.82) is 0 Å². The van der Waals surface area contributed by atoms with Gasteiger partial charge < -0.3 is 19.4 Å². The van der Waals surface area contributed by atoms with Crippen LogP contribution in [0, 0.1) is 0 Å². The Morgan fingerprint density at radius 3 is 2.33 bits per heavy atom. The molecule has 0 spiro atoms. The molecular formula is C23H31N3O4. The van der Waals surface area contributed by atoms with Gasteiger partial charge in [0.05, 0.1) is 12.2 Å². The van der Waals surface area contributed by atoms with Crippen LogP contribution in [0.5, 0.6) is 0 Å². The molecule has 7 heteroatoms. The number of carbonyl (C=O) groups excluding carboxylic acids is 3. The summed E-state index contributed by atoms with van der Waals surface area (Å²) in [5, 5.41) is 0. The Kier molecular flexibility index (Phi) is 7.26. The quantitative estimate of drug-likeness (QED) is 0.667. The highest BCUT2D eigenvalue weighted by atomic mass is 16.5. The van der Waals surface area contributed by atoms with E-state index in [9.17, 15) is 14.4 Å². The van der Waals surface area contributed by atoms with Gasteiger partial charge in [-0.2, -0.15) is 0 Å². The number of benzene rings is 1. The number of piperazine rings is 1. The smallest absolute Gasteiger partial charge is 0.336 e. The molecule has 2 amide bonds. The monoisotopic (exact) mass is 413 g/mol. The first kappa shape index (κ1) is 22.0. The molecule has 2 heterocycles. The topological polar surface area (TPSA) is 70.2 Å². The van der Waals surface area contributed by atoms with E-state index in [0.717, 1.165) is 25.2 Å². The number of hydrogen-bond acceptors (Lipinski definition) is 5. The number of rotatable bonds is 6. The van der Waals surface area contributed by atoms with Crippen LogP contribution in [0.15, 0.2) is 41.6 Å². The fourth-order valence-corrected chi connectivity index (χ4v) is 4.20. The lowest BCUT2D eigenvalue weighted by molar-refractivity contribution is -0.143. The number of carbonyl (C=O) groups is 3. The summed E-state index contributed by atoms with van der Waals surface area (Å²) in [4.78, 5) is 44.2. The minimum atomic E-state index is -0.426. The molecule has 162 valence electrons. The lowest BCUT2D eigenvalue weighted by atomic mass is 9.83. The normalized spacial score (nSPS) is 20.5. The Morgan fingerprint density at radius 1 is 1.07 bits per heavy atom. The largest absolute Gasteiger partial charge is 0.463 e. The summed E-state index contributed by atoms with van der Waals surface area (Å²) >= 11 is 0. The Morgan fingerprint density at radius 2 is 1.73 bits per heavy atom. The molecule has 1 aromatic rings. The highest BCUT2D eigenvalue weighted by molar-refractivity contribution is 5.97. The molecule has 7 nitrogen and oxygen atoms in total. The molecule has 2 aliphatic rings. The van der Waals surface area contributed by atoms with E-state index in [4.69, 9.17) is 4.74 Å². The van der Waals surface area contributed by atoms with Crippen molar-refractivity contribution in [2.75, 3.05) is 45.9 Å². The van der Waals surface area contributed by atoms with Crippen LogP contribution in [-0.2, 0) is 19.1 Å². The van der Waals surface area contributed by atoms with Crippen LogP contribution >= 0.6 is 0 Å². The summed E-state index contributed by atoms with van der Waals surface area (Å²) in [6, 6.07) is 9.52. The van der Waals surface area contributed by atoms with Crippen molar-refractivity contribution >= 4 is 17.8 Å². The lowest BCUT2D eigenvalue weighted by Gasteiger charge is -2.37. The SMILES string of the molecule is CCOC(=O)C1=C(C)N(CC(=O)N2CCN(CC)CC2)C(=O)CC1c1ccccc1. The number of hydrogen-bond donors (Lipinski definition) is 0. The van der Waals surface area contributed by atoms with Crippen molar-refractivity contribution in [1.82, 2.24) is 14.7 Å². The summed E-state index contributed by atoms with van der Waals surface area (Å²) in [6.45, 7) is 9.80. The van der Waals surface area contributed by atoms with Crippen molar-refractivity contribution in [2.24, 2.45) is 0 Å². The van der Waals surface area contributed by atoms with Gasteiger partial charge in [-0.05, 0) is 26.0 Å². The van der Waals surface area contributed by atoms with E-state index in [-0.39, 0.29) is 37.3 Å². The maximum atomic E-state index is 13.0. The minimum absolute atomic E-state index is 0.0405. The second-order valence-corrected chi connectivity index (χ2v) is 7.68. The van der Waals surface area contributed by atoms with Crippen LogP contribution in [-0.4, -0.2) is 78.4 Å². The van der Waals surface area contributed by atoms with Gasteiger partial charge in [-0.15, -0.1) is 0 Å². The summed E-state index contributed by atoms with van der Waals surface area (Å²) < 4.78 is 5.30. The molecule has 2 aliphatic heterocycles.